The summed E-state index contributed by atoms with van der Waals surface area (Å²) in [5.41, 5.74) is 3.18. The molecule has 1 atom stereocenters. The molecule has 3 aromatic rings. The van der Waals surface area contributed by atoms with Crippen LogP contribution in [-0.4, -0.2) is 61.0 Å². The summed E-state index contributed by atoms with van der Waals surface area (Å²) in [5, 5.41) is 13.7. The number of quaternary nitrogens is 1. The van der Waals surface area contributed by atoms with Crippen molar-refractivity contribution in [3.8, 4) is 5.75 Å². The number of amides is 1. The number of Topliss-reactive ketones (excluding diaryl/α,β-unsaturated/α-hetero) is 1. The van der Waals surface area contributed by atoms with E-state index < -0.39 is 23.5 Å². The smallest absolute Gasteiger partial charge is 0.295 e. The molecule has 0 spiro atoms. The van der Waals surface area contributed by atoms with Gasteiger partial charge in [0.15, 0.2) is 0 Å². The highest BCUT2D eigenvalue weighted by Crippen LogP contribution is 2.38. The minimum Gasteiger partial charge on any atom is -0.872 e. The van der Waals surface area contributed by atoms with Gasteiger partial charge in [-0.3, -0.25) is 14.6 Å². The monoisotopic (exact) mass is 527 g/mol. The lowest BCUT2D eigenvalue weighted by Crippen LogP contribution is -3.14. The van der Waals surface area contributed by atoms with Gasteiger partial charge in [0.2, 0.25) is 5.78 Å². The fraction of sp³-hybridized carbons (Fsp3) is 0.323. The third-order valence-corrected chi connectivity index (χ3v) is 7.43. The van der Waals surface area contributed by atoms with Gasteiger partial charge in [-0.25, -0.2) is 0 Å². The minimum absolute atomic E-state index is 0.0275. The fourth-order valence-corrected chi connectivity index (χ4v) is 5.19. The molecule has 1 aromatic heterocycles. The molecule has 0 saturated carbocycles. The summed E-state index contributed by atoms with van der Waals surface area (Å²) >= 11 is 0. The molecule has 39 heavy (non-hydrogen) atoms. The number of nitrogens with one attached hydrogen (secondary N) is 1. The Morgan fingerprint density at radius 3 is 2.56 bits per heavy atom. The second-order valence-electron chi connectivity index (χ2n) is 9.96. The topological polar surface area (TPSA) is 96.2 Å². The van der Waals surface area contributed by atoms with E-state index in [2.05, 4.69) is 4.98 Å². The summed E-state index contributed by atoms with van der Waals surface area (Å²) in [5.74, 6) is -1.21. The predicted molar refractivity (Wildman–Crippen MR) is 144 cm³/mol. The van der Waals surface area contributed by atoms with Gasteiger partial charge >= 0.3 is 0 Å². The van der Waals surface area contributed by atoms with Crippen molar-refractivity contribution in [2.75, 3.05) is 39.4 Å². The van der Waals surface area contributed by atoms with Crippen LogP contribution in [0.2, 0.25) is 0 Å². The largest absolute Gasteiger partial charge is 0.872 e. The van der Waals surface area contributed by atoms with Crippen molar-refractivity contribution in [1.29, 1.82) is 0 Å². The van der Waals surface area contributed by atoms with Crippen molar-refractivity contribution < 1.29 is 29.1 Å². The molecule has 2 aliphatic heterocycles. The van der Waals surface area contributed by atoms with Crippen molar-refractivity contribution in [2.45, 2.75) is 26.0 Å². The molecule has 0 aliphatic carbocycles. The van der Waals surface area contributed by atoms with Gasteiger partial charge in [-0.2, -0.15) is 0 Å². The summed E-state index contributed by atoms with van der Waals surface area (Å²) in [7, 11) is 0. The highest BCUT2D eigenvalue weighted by Gasteiger charge is 2.44. The van der Waals surface area contributed by atoms with Gasteiger partial charge in [0.1, 0.15) is 25.4 Å². The van der Waals surface area contributed by atoms with Crippen LogP contribution in [0, 0.1) is 6.92 Å². The van der Waals surface area contributed by atoms with Gasteiger partial charge in [-0.05, 0) is 47.4 Å². The normalized spacial score (nSPS) is 19.4. The molecule has 0 radical (unpaired) electrons. The van der Waals surface area contributed by atoms with E-state index in [9.17, 15) is 14.7 Å². The Balaban J connectivity index is 1.36. The van der Waals surface area contributed by atoms with Crippen LogP contribution in [0.1, 0.15) is 34.7 Å². The Hall–Kier alpha value is -4.01. The predicted octanol–water partition coefficient (Wildman–Crippen LogP) is 1.50. The molecule has 2 fully saturated rings. The van der Waals surface area contributed by atoms with Crippen molar-refractivity contribution in [2.24, 2.45) is 0 Å². The Morgan fingerprint density at radius 2 is 1.85 bits per heavy atom. The quantitative estimate of drug-likeness (QED) is 0.257. The lowest BCUT2D eigenvalue weighted by Gasteiger charge is -2.28. The Bertz CT molecular complexity index is 1330. The number of likely N-dealkylation sites (tertiary alicyclic amines) is 1. The lowest BCUT2D eigenvalue weighted by atomic mass is 9.96. The number of morpholine rings is 1. The van der Waals surface area contributed by atoms with E-state index in [1.807, 2.05) is 31.2 Å². The van der Waals surface area contributed by atoms with E-state index >= 15 is 0 Å². The molecule has 8 nitrogen and oxygen atoms in total. The number of pyridine rings is 1. The summed E-state index contributed by atoms with van der Waals surface area (Å²) in [6.07, 6.45) is 3.97. The number of carbonyl (C=O) groups is 2. The minimum atomic E-state index is -0.761. The molecular weight excluding hydrogens is 494 g/mol. The number of aryl methyl sites for hydroxylation is 1. The third-order valence-electron chi connectivity index (χ3n) is 7.43. The maximum Gasteiger partial charge on any atom is 0.295 e. The lowest BCUT2D eigenvalue weighted by molar-refractivity contribution is -0.908. The average molecular weight is 528 g/mol. The van der Waals surface area contributed by atoms with E-state index in [0.717, 1.165) is 50.4 Å². The zero-order valence-corrected chi connectivity index (χ0v) is 22.1. The van der Waals surface area contributed by atoms with Gasteiger partial charge in [0, 0.05) is 30.9 Å². The SMILES string of the molecule is Cc1ccccc1COc1ccc(C([O-])=C2C(=O)C(=O)N(CCC[NH+]3CCOCC3)C2c2cccnc2)cc1. The molecular formula is C31H33N3O5. The van der Waals surface area contributed by atoms with Crippen molar-refractivity contribution in [1.82, 2.24) is 9.88 Å². The number of nitrogens with zero attached hydrogens (tertiary/aromatic N) is 2. The van der Waals surface area contributed by atoms with Gasteiger partial charge in [-0.15, -0.1) is 0 Å². The van der Waals surface area contributed by atoms with E-state index in [-0.39, 0.29) is 5.57 Å². The van der Waals surface area contributed by atoms with Gasteiger partial charge in [0.05, 0.1) is 25.8 Å². The summed E-state index contributed by atoms with van der Waals surface area (Å²) in [6.45, 7) is 7.02. The average Bonchev–Trinajstić information content (AvgIpc) is 3.23. The fourth-order valence-electron chi connectivity index (χ4n) is 5.19. The second-order valence-corrected chi connectivity index (χ2v) is 9.96. The van der Waals surface area contributed by atoms with Crippen molar-refractivity contribution in [3.05, 3.63) is 101 Å². The Morgan fingerprint density at radius 1 is 1.08 bits per heavy atom. The van der Waals surface area contributed by atoms with Crippen molar-refractivity contribution >= 4 is 17.4 Å². The summed E-state index contributed by atoms with van der Waals surface area (Å²) < 4.78 is 11.3. The first kappa shape index (κ1) is 26.6. The first-order valence-corrected chi connectivity index (χ1v) is 13.4. The molecule has 0 bridgehead atoms. The van der Waals surface area contributed by atoms with Gasteiger partial charge in [-0.1, -0.05) is 48.2 Å². The molecule has 3 heterocycles. The number of hydrogen-bond donors (Lipinski definition) is 1. The van der Waals surface area contributed by atoms with Gasteiger partial charge < -0.3 is 24.4 Å². The molecule has 8 heteroatoms. The highest BCUT2D eigenvalue weighted by atomic mass is 16.5. The van der Waals surface area contributed by atoms with Crippen molar-refractivity contribution in [3.63, 3.8) is 0 Å². The number of ether oxygens (including phenoxy) is 2. The molecule has 2 aliphatic rings. The maximum atomic E-state index is 13.7. The van der Waals surface area contributed by atoms with Crippen LogP contribution in [0.15, 0.2) is 78.6 Å². The molecule has 2 saturated heterocycles. The van der Waals surface area contributed by atoms with Crippen LogP contribution < -0.4 is 14.7 Å². The van der Waals surface area contributed by atoms with E-state index in [1.54, 1.807) is 48.8 Å². The summed E-state index contributed by atoms with van der Waals surface area (Å²) in [6, 6.07) is 17.5. The van der Waals surface area contributed by atoms with Crippen LogP contribution in [0.4, 0.5) is 0 Å². The number of carbonyl (C=O) groups excluding carboxylic acids is 2. The molecule has 5 rings (SSSR count). The Labute approximate surface area is 228 Å². The molecule has 1 unspecified atom stereocenters. The third kappa shape index (κ3) is 6.02. The van der Waals surface area contributed by atoms with E-state index in [4.69, 9.17) is 9.47 Å². The standard InChI is InChI=1S/C31H33N3O5/c1-22-6-2-3-7-25(22)21-39-26-11-9-23(10-12-26)29(35)27-28(24-8-4-13-32-20-24)34(31(37)30(27)36)15-5-14-33-16-18-38-19-17-33/h2-4,6-13,20,28,35H,5,14-19,21H2,1H3. The molecule has 2 aromatic carbocycles. The number of hydrogen-bond acceptors (Lipinski definition) is 6. The first-order chi connectivity index (χ1) is 19.0. The van der Waals surface area contributed by atoms with Crippen LogP contribution >= 0.6 is 0 Å². The van der Waals surface area contributed by atoms with E-state index in [0.29, 0.717) is 30.0 Å². The number of rotatable bonds is 9. The molecule has 1 amide bonds. The molecule has 202 valence electrons. The van der Waals surface area contributed by atoms with Gasteiger partial charge in [0.25, 0.3) is 5.91 Å². The molecule has 1 N–H and O–H groups in total. The number of aromatic nitrogens is 1. The zero-order chi connectivity index (χ0) is 27.2. The van der Waals surface area contributed by atoms with Crippen LogP contribution in [0.3, 0.4) is 0 Å². The first-order valence-electron chi connectivity index (χ1n) is 13.4. The number of benzene rings is 2. The zero-order valence-electron chi connectivity index (χ0n) is 22.1. The van der Waals surface area contributed by atoms with E-state index in [1.165, 1.54) is 9.80 Å². The highest BCUT2D eigenvalue weighted by molar-refractivity contribution is 6.46. The second kappa shape index (κ2) is 12.2. The Kier molecular flexibility index (Phi) is 8.34. The number of ketones is 1. The van der Waals surface area contributed by atoms with Crippen LogP contribution in [-0.2, 0) is 20.9 Å². The summed E-state index contributed by atoms with van der Waals surface area (Å²) in [4.78, 5) is 33.5. The maximum absolute atomic E-state index is 13.7. The van der Waals surface area contributed by atoms with Crippen LogP contribution in [0.25, 0.3) is 5.76 Å². The van der Waals surface area contributed by atoms with Crippen LogP contribution in [0.5, 0.6) is 5.75 Å².